The largest absolute Gasteiger partial charge is 0.496 e. The van der Waals surface area contributed by atoms with Crippen molar-refractivity contribution in [2.45, 2.75) is 13.3 Å². The number of halogens is 1. The molecule has 0 fully saturated rings. The highest BCUT2D eigenvalue weighted by Crippen LogP contribution is 2.37. The fraction of sp³-hybridized carbons (Fsp3) is 0.148. The average Bonchev–Trinajstić information content (AvgIpc) is 3.22. The zero-order valence-corrected chi connectivity index (χ0v) is 19.6. The van der Waals surface area contributed by atoms with Crippen molar-refractivity contribution in [3.05, 3.63) is 94.7 Å². The SMILES string of the molecule is COc1cc2occ(-c3ccc(Br)cc3)c2cc1/C(C)=C/C(=O)NCCc1ccccc1. The van der Waals surface area contributed by atoms with Gasteiger partial charge in [0.1, 0.15) is 11.3 Å². The maximum Gasteiger partial charge on any atom is 0.244 e. The van der Waals surface area contributed by atoms with Crippen molar-refractivity contribution in [1.82, 2.24) is 5.32 Å². The van der Waals surface area contributed by atoms with Gasteiger partial charge >= 0.3 is 0 Å². The molecule has 1 heterocycles. The summed E-state index contributed by atoms with van der Waals surface area (Å²) in [7, 11) is 1.62. The van der Waals surface area contributed by atoms with Crippen LogP contribution in [-0.4, -0.2) is 19.6 Å². The first-order valence-electron chi connectivity index (χ1n) is 10.4. The van der Waals surface area contributed by atoms with Crippen LogP contribution >= 0.6 is 15.9 Å². The van der Waals surface area contributed by atoms with Crippen molar-refractivity contribution in [2.24, 2.45) is 0 Å². The molecule has 162 valence electrons. The second-order valence-electron chi connectivity index (χ2n) is 7.56. The summed E-state index contributed by atoms with van der Waals surface area (Å²) in [6.45, 7) is 2.50. The fourth-order valence-electron chi connectivity index (χ4n) is 3.69. The van der Waals surface area contributed by atoms with Gasteiger partial charge in [0, 0.05) is 39.7 Å². The predicted molar refractivity (Wildman–Crippen MR) is 133 cm³/mol. The first-order valence-corrected chi connectivity index (χ1v) is 11.2. The molecule has 0 bridgehead atoms. The summed E-state index contributed by atoms with van der Waals surface area (Å²) in [5.74, 6) is 0.543. The van der Waals surface area contributed by atoms with E-state index in [0.29, 0.717) is 12.3 Å². The van der Waals surface area contributed by atoms with Gasteiger partial charge < -0.3 is 14.5 Å². The zero-order chi connectivity index (χ0) is 22.5. The van der Waals surface area contributed by atoms with Crippen molar-refractivity contribution < 1.29 is 13.9 Å². The lowest BCUT2D eigenvalue weighted by molar-refractivity contribution is -0.116. The van der Waals surface area contributed by atoms with Crippen LogP contribution in [0.15, 0.2) is 88.0 Å². The van der Waals surface area contributed by atoms with Crippen LogP contribution in [0, 0.1) is 0 Å². The summed E-state index contributed by atoms with van der Waals surface area (Å²) < 4.78 is 12.4. The molecule has 0 atom stereocenters. The minimum Gasteiger partial charge on any atom is -0.496 e. The molecule has 4 nitrogen and oxygen atoms in total. The molecule has 3 aromatic carbocycles. The minimum atomic E-state index is -0.124. The Morgan fingerprint density at radius 1 is 1.09 bits per heavy atom. The average molecular weight is 490 g/mol. The summed E-state index contributed by atoms with van der Waals surface area (Å²) >= 11 is 3.48. The van der Waals surface area contributed by atoms with Crippen LogP contribution in [0.4, 0.5) is 0 Å². The molecule has 0 radical (unpaired) electrons. The van der Waals surface area contributed by atoms with Crippen molar-refractivity contribution >= 4 is 38.4 Å². The number of nitrogens with one attached hydrogen (secondary N) is 1. The van der Waals surface area contributed by atoms with Gasteiger partial charge in [-0.1, -0.05) is 58.4 Å². The quantitative estimate of drug-likeness (QED) is 0.296. The second-order valence-corrected chi connectivity index (χ2v) is 8.47. The van der Waals surface area contributed by atoms with Crippen LogP contribution in [0.25, 0.3) is 27.7 Å². The monoisotopic (exact) mass is 489 g/mol. The smallest absolute Gasteiger partial charge is 0.244 e. The van der Waals surface area contributed by atoms with E-state index in [2.05, 4.69) is 33.4 Å². The number of furan rings is 1. The Labute approximate surface area is 196 Å². The molecule has 1 amide bonds. The van der Waals surface area contributed by atoms with Gasteiger partial charge in [-0.15, -0.1) is 0 Å². The van der Waals surface area contributed by atoms with Gasteiger partial charge in [0.2, 0.25) is 5.91 Å². The maximum atomic E-state index is 12.5. The molecule has 1 N–H and O–H groups in total. The Hall–Kier alpha value is -3.31. The Balaban J connectivity index is 1.58. The van der Waals surface area contributed by atoms with Gasteiger partial charge in [-0.3, -0.25) is 4.79 Å². The lowest BCUT2D eigenvalue weighted by Crippen LogP contribution is -2.23. The van der Waals surface area contributed by atoms with Gasteiger partial charge in [-0.05, 0) is 48.2 Å². The highest BCUT2D eigenvalue weighted by atomic mass is 79.9. The third-order valence-electron chi connectivity index (χ3n) is 5.38. The predicted octanol–water partition coefficient (Wildman–Crippen LogP) is 6.63. The van der Waals surface area contributed by atoms with Crippen molar-refractivity contribution in [3.8, 4) is 16.9 Å². The summed E-state index contributed by atoms with van der Waals surface area (Å²) in [4.78, 5) is 12.5. The molecule has 0 aliphatic heterocycles. The van der Waals surface area contributed by atoms with Crippen LogP contribution in [0.2, 0.25) is 0 Å². The molecule has 0 aliphatic rings. The Kier molecular flexibility index (Phi) is 6.76. The van der Waals surface area contributed by atoms with Gasteiger partial charge in [0.15, 0.2) is 0 Å². The number of rotatable bonds is 7. The lowest BCUT2D eigenvalue weighted by Gasteiger charge is -2.10. The third-order valence-corrected chi connectivity index (χ3v) is 5.91. The number of amides is 1. The number of carbonyl (C=O) groups excluding carboxylic acids is 1. The van der Waals surface area contributed by atoms with E-state index in [4.69, 9.17) is 9.15 Å². The standard InChI is InChI=1S/C27H24BrNO3/c1-18(14-27(30)29-13-12-19-6-4-3-5-7-19)22-15-23-24(20-8-10-21(28)11-9-20)17-32-26(23)16-25(22)31-2/h3-11,14-17H,12-13H2,1-2H3,(H,29,30)/b18-14+. The number of benzene rings is 3. The molecule has 0 spiro atoms. The first-order chi connectivity index (χ1) is 15.5. The van der Waals surface area contributed by atoms with Crippen molar-refractivity contribution in [3.63, 3.8) is 0 Å². The van der Waals surface area contributed by atoms with Crippen LogP contribution < -0.4 is 10.1 Å². The number of fused-ring (bicyclic) bond motifs is 1. The van der Waals surface area contributed by atoms with Crippen LogP contribution in [0.1, 0.15) is 18.1 Å². The van der Waals surface area contributed by atoms with E-state index in [1.165, 1.54) is 5.56 Å². The van der Waals surface area contributed by atoms with Gasteiger partial charge in [0.25, 0.3) is 0 Å². The molecule has 4 aromatic rings. The summed E-state index contributed by atoms with van der Waals surface area (Å²) in [6, 6.07) is 22.1. The van der Waals surface area contributed by atoms with E-state index < -0.39 is 0 Å². The molecular weight excluding hydrogens is 466 g/mol. The van der Waals surface area contributed by atoms with Gasteiger partial charge in [-0.25, -0.2) is 0 Å². The van der Waals surface area contributed by atoms with E-state index in [0.717, 1.165) is 44.1 Å². The molecule has 32 heavy (non-hydrogen) atoms. The van der Waals surface area contributed by atoms with Crippen molar-refractivity contribution in [2.75, 3.05) is 13.7 Å². The van der Waals surface area contributed by atoms with E-state index in [-0.39, 0.29) is 5.91 Å². The Morgan fingerprint density at radius 3 is 2.56 bits per heavy atom. The molecule has 0 saturated carbocycles. The number of allylic oxidation sites excluding steroid dienone is 1. The highest BCUT2D eigenvalue weighted by molar-refractivity contribution is 9.10. The van der Waals surface area contributed by atoms with E-state index in [1.54, 1.807) is 19.4 Å². The topological polar surface area (TPSA) is 51.5 Å². The second kappa shape index (κ2) is 9.88. The molecular formula is C27H24BrNO3. The maximum absolute atomic E-state index is 12.5. The number of hydrogen-bond donors (Lipinski definition) is 1. The van der Waals surface area contributed by atoms with E-state index in [9.17, 15) is 4.79 Å². The Morgan fingerprint density at radius 2 is 1.84 bits per heavy atom. The van der Waals surface area contributed by atoms with Crippen LogP contribution in [-0.2, 0) is 11.2 Å². The molecule has 0 saturated heterocycles. The number of hydrogen-bond acceptors (Lipinski definition) is 3. The summed E-state index contributed by atoms with van der Waals surface area (Å²) in [5, 5.41) is 3.94. The number of methoxy groups -OCH3 is 1. The third kappa shape index (κ3) is 4.94. The van der Waals surface area contributed by atoms with Crippen LogP contribution in [0.3, 0.4) is 0 Å². The zero-order valence-electron chi connectivity index (χ0n) is 18.0. The molecule has 0 aliphatic carbocycles. The molecule has 5 heteroatoms. The lowest BCUT2D eigenvalue weighted by atomic mass is 9.99. The minimum absolute atomic E-state index is 0.124. The molecule has 4 rings (SSSR count). The fourth-order valence-corrected chi connectivity index (χ4v) is 3.95. The normalized spacial score (nSPS) is 11.5. The van der Waals surface area contributed by atoms with Gasteiger partial charge in [0.05, 0.1) is 13.4 Å². The summed E-state index contributed by atoms with van der Waals surface area (Å²) in [6.07, 6.45) is 4.17. The molecule has 1 aromatic heterocycles. The highest BCUT2D eigenvalue weighted by Gasteiger charge is 2.15. The molecule has 0 unspecified atom stereocenters. The van der Waals surface area contributed by atoms with E-state index >= 15 is 0 Å². The first kappa shape index (κ1) is 21.9. The summed E-state index contributed by atoms with van der Waals surface area (Å²) in [5.41, 5.74) is 5.67. The Bertz CT molecular complexity index is 1260. The number of ether oxygens (including phenoxy) is 1. The number of carbonyl (C=O) groups is 1. The van der Waals surface area contributed by atoms with Gasteiger partial charge in [-0.2, -0.15) is 0 Å². The van der Waals surface area contributed by atoms with Crippen molar-refractivity contribution in [1.29, 1.82) is 0 Å². The van der Waals surface area contributed by atoms with Crippen LogP contribution in [0.5, 0.6) is 5.75 Å². The van der Waals surface area contributed by atoms with E-state index in [1.807, 2.05) is 61.5 Å².